The number of allylic oxidation sites excluding steroid dienone is 1. The summed E-state index contributed by atoms with van der Waals surface area (Å²) in [4.78, 5) is 28.7. The number of carbonyl (C=O) groups is 2. The van der Waals surface area contributed by atoms with Gasteiger partial charge in [0.05, 0.1) is 18.1 Å². The quantitative estimate of drug-likeness (QED) is 0.161. The molecule has 0 radical (unpaired) electrons. The average molecular weight is 516 g/mol. The number of Topliss-reactive ketones (excluding diaryl/α,β-unsaturated/α-hetero) is 1. The maximum atomic E-state index is 13.8. The van der Waals surface area contributed by atoms with E-state index in [9.17, 15) is 33.7 Å². The van der Waals surface area contributed by atoms with E-state index in [1.54, 1.807) is 38.1 Å². The van der Waals surface area contributed by atoms with Gasteiger partial charge in [-0.15, -0.1) is 0 Å². The van der Waals surface area contributed by atoms with E-state index in [1.165, 1.54) is 11.0 Å². The lowest BCUT2D eigenvalue weighted by molar-refractivity contribution is -0.135. The van der Waals surface area contributed by atoms with E-state index in [1.807, 2.05) is 12.1 Å². The number of benzene rings is 1. The molecular formula is C26H35BF2N4O4. The van der Waals surface area contributed by atoms with E-state index in [0.29, 0.717) is 13.0 Å². The minimum absolute atomic E-state index is 0.120. The number of halogens is 2. The van der Waals surface area contributed by atoms with Gasteiger partial charge in [0, 0.05) is 18.5 Å². The smallest absolute Gasteiger partial charge is 0.426 e. The largest absolute Gasteiger partial charge is 0.475 e. The normalized spacial score (nSPS) is 22.1. The lowest BCUT2D eigenvalue weighted by Crippen LogP contribution is -2.53. The third-order valence-electron chi connectivity index (χ3n) is 7.23. The highest BCUT2D eigenvalue weighted by molar-refractivity contribution is 6.43. The van der Waals surface area contributed by atoms with Gasteiger partial charge in [0.15, 0.2) is 5.78 Å². The number of amides is 1. The molecule has 3 atom stereocenters. The Bertz CT molecular complexity index is 1020. The van der Waals surface area contributed by atoms with Crippen molar-refractivity contribution in [1.82, 2.24) is 15.5 Å². The summed E-state index contributed by atoms with van der Waals surface area (Å²) in [6, 6.07) is 10.9. The minimum Gasteiger partial charge on any atom is -0.426 e. The Kier molecular flexibility index (Phi) is 9.59. The Hall–Kier alpha value is -2.65. The summed E-state index contributed by atoms with van der Waals surface area (Å²) in [5.74, 6) is -6.95. The highest BCUT2D eigenvalue weighted by atomic mass is 19.3. The summed E-state index contributed by atoms with van der Waals surface area (Å²) in [5, 5.41) is 35.5. The summed E-state index contributed by atoms with van der Waals surface area (Å²) < 4.78 is 27.7. The first-order valence-electron chi connectivity index (χ1n) is 12.6. The van der Waals surface area contributed by atoms with Gasteiger partial charge in [-0.2, -0.15) is 5.26 Å². The van der Waals surface area contributed by atoms with Crippen molar-refractivity contribution in [2.75, 3.05) is 26.2 Å². The molecule has 1 aromatic rings. The molecule has 0 aliphatic carbocycles. The number of nitriles is 1. The zero-order chi connectivity index (χ0) is 27.2. The predicted octanol–water partition coefficient (Wildman–Crippen LogP) is 1.48. The molecule has 3 rings (SSSR count). The lowest BCUT2D eigenvalue weighted by Gasteiger charge is -2.34. The van der Waals surface area contributed by atoms with Crippen molar-refractivity contribution in [2.45, 2.75) is 56.9 Å². The van der Waals surface area contributed by atoms with Crippen LogP contribution in [-0.2, 0) is 16.0 Å². The third kappa shape index (κ3) is 7.68. The third-order valence-corrected chi connectivity index (χ3v) is 7.23. The van der Waals surface area contributed by atoms with Crippen LogP contribution >= 0.6 is 0 Å². The fourth-order valence-corrected chi connectivity index (χ4v) is 5.08. The van der Waals surface area contributed by atoms with E-state index >= 15 is 0 Å². The number of hydrogen-bond acceptors (Lipinski definition) is 7. The molecule has 2 aliphatic rings. The van der Waals surface area contributed by atoms with Crippen molar-refractivity contribution in [3.63, 3.8) is 0 Å². The van der Waals surface area contributed by atoms with Crippen molar-refractivity contribution in [1.29, 1.82) is 5.26 Å². The minimum atomic E-state index is -2.84. The van der Waals surface area contributed by atoms with Crippen LogP contribution in [0.3, 0.4) is 0 Å². The highest BCUT2D eigenvalue weighted by Gasteiger charge is 2.44. The molecule has 2 fully saturated rings. The number of hydrogen-bond donors (Lipinski definition) is 4. The van der Waals surface area contributed by atoms with Crippen LogP contribution in [0.5, 0.6) is 0 Å². The molecule has 11 heteroatoms. The van der Waals surface area contributed by atoms with Crippen LogP contribution in [0.15, 0.2) is 42.0 Å². The van der Waals surface area contributed by atoms with Crippen molar-refractivity contribution in [3.05, 3.63) is 47.5 Å². The van der Waals surface area contributed by atoms with Crippen molar-refractivity contribution in [3.8, 4) is 6.07 Å². The molecule has 0 bridgehead atoms. The molecule has 2 unspecified atom stereocenters. The number of nitrogens with one attached hydrogen (secondary N) is 2. The molecule has 2 saturated heterocycles. The molecule has 8 nitrogen and oxygen atoms in total. The molecule has 37 heavy (non-hydrogen) atoms. The Morgan fingerprint density at radius 1 is 1.35 bits per heavy atom. The number of nitrogens with zero attached hydrogens (tertiary/aromatic N) is 2. The van der Waals surface area contributed by atoms with Gasteiger partial charge >= 0.3 is 7.12 Å². The topological polar surface area (TPSA) is 126 Å². The summed E-state index contributed by atoms with van der Waals surface area (Å²) in [6.45, 7) is 4.09. The highest BCUT2D eigenvalue weighted by Crippen LogP contribution is 2.33. The van der Waals surface area contributed by atoms with Crippen LogP contribution in [0.1, 0.15) is 38.7 Å². The molecule has 1 aromatic carbocycles. The van der Waals surface area contributed by atoms with Gasteiger partial charge in [-0.3, -0.25) is 14.5 Å². The van der Waals surface area contributed by atoms with Crippen LogP contribution in [0.4, 0.5) is 8.78 Å². The van der Waals surface area contributed by atoms with Gasteiger partial charge in [-0.1, -0.05) is 30.3 Å². The monoisotopic (exact) mass is 516 g/mol. The van der Waals surface area contributed by atoms with E-state index in [4.69, 9.17) is 0 Å². The Morgan fingerprint density at radius 3 is 2.59 bits per heavy atom. The van der Waals surface area contributed by atoms with Crippen molar-refractivity contribution >= 4 is 18.8 Å². The lowest BCUT2D eigenvalue weighted by atomic mass is 9.74. The maximum Gasteiger partial charge on any atom is 0.475 e. The Balaban J connectivity index is 1.86. The first-order valence-corrected chi connectivity index (χ1v) is 12.6. The van der Waals surface area contributed by atoms with E-state index in [2.05, 4.69) is 10.6 Å². The molecule has 0 saturated carbocycles. The van der Waals surface area contributed by atoms with Crippen LogP contribution in [0, 0.1) is 23.2 Å². The second-order valence-corrected chi connectivity index (χ2v) is 10.5. The number of rotatable bonds is 10. The number of piperidine rings is 1. The predicted molar refractivity (Wildman–Crippen MR) is 135 cm³/mol. The zero-order valence-electron chi connectivity index (χ0n) is 21.3. The fraction of sp³-hybridized carbons (Fsp3) is 0.577. The number of alkyl halides is 2. The summed E-state index contributed by atoms with van der Waals surface area (Å²) in [7, 11) is -1.87. The second-order valence-electron chi connectivity index (χ2n) is 10.5. The van der Waals surface area contributed by atoms with E-state index in [-0.39, 0.29) is 25.0 Å². The fourth-order valence-electron chi connectivity index (χ4n) is 5.08. The zero-order valence-corrected chi connectivity index (χ0v) is 21.3. The first-order chi connectivity index (χ1) is 17.4. The van der Waals surface area contributed by atoms with Crippen molar-refractivity contribution in [2.24, 2.45) is 11.8 Å². The van der Waals surface area contributed by atoms with Gasteiger partial charge in [0.2, 0.25) is 5.91 Å². The summed E-state index contributed by atoms with van der Waals surface area (Å²) >= 11 is 0. The number of ketones is 1. The van der Waals surface area contributed by atoms with Crippen LogP contribution in [0.25, 0.3) is 0 Å². The van der Waals surface area contributed by atoms with Gasteiger partial charge in [-0.05, 0) is 63.8 Å². The molecule has 2 aliphatic heterocycles. The second kappa shape index (κ2) is 12.3. The standard InChI is InChI=1S/C26H35BF2N4O4/c1-25(2,33-12-10-26(28,29)17-33)14-20(15-30)23(34)22(19-9-6-11-31-16-19)24(35)32-21(27(36)37)13-18-7-4-3-5-8-18/h3-5,7-8,14,19,21-22,31,36-37H,6,9-13,16-17H2,1-2H3,(H,32,35)/t19?,21-,22?/m0/s1. The Labute approximate surface area is 216 Å². The molecule has 0 spiro atoms. The average Bonchev–Trinajstić information content (AvgIpc) is 3.24. The van der Waals surface area contributed by atoms with E-state index in [0.717, 1.165) is 18.5 Å². The SMILES string of the molecule is CC(C)(C=C(C#N)C(=O)C(C(=O)N[C@@H](Cc1ccccc1)B(O)O)C1CCCNC1)N1CCC(F)(F)C1. The van der Waals surface area contributed by atoms with Crippen LogP contribution in [0.2, 0.25) is 0 Å². The number of carbonyl (C=O) groups excluding carboxylic acids is 2. The van der Waals surface area contributed by atoms with Gasteiger partial charge in [0.25, 0.3) is 5.92 Å². The number of likely N-dealkylation sites (tertiary alicyclic amines) is 1. The molecule has 4 N–H and O–H groups in total. The van der Waals surface area contributed by atoms with Crippen LogP contribution < -0.4 is 10.6 Å². The van der Waals surface area contributed by atoms with Crippen LogP contribution in [-0.4, -0.2) is 77.3 Å². The first kappa shape index (κ1) is 28.9. The van der Waals surface area contributed by atoms with Gasteiger partial charge in [0.1, 0.15) is 12.0 Å². The van der Waals surface area contributed by atoms with Crippen molar-refractivity contribution < 1.29 is 28.4 Å². The van der Waals surface area contributed by atoms with E-state index < -0.39 is 54.6 Å². The summed E-state index contributed by atoms with van der Waals surface area (Å²) in [5.41, 5.74) is -0.510. The van der Waals surface area contributed by atoms with Gasteiger partial charge < -0.3 is 20.7 Å². The molecule has 200 valence electrons. The molecular weight excluding hydrogens is 481 g/mol. The molecule has 2 heterocycles. The molecule has 0 aromatic heterocycles. The van der Waals surface area contributed by atoms with Gasteiger partial charge in [-0.25, -0.2) is 8.78 Å². The maximum absolute atomic E-state index is 13.8. The molecule has 1 amide bonds. The summed E-state index contributed by atoms with van der Waals surface area (Å²) in [6.07, 6.45) is 2.51. The Morgan fingerprint density at radius 2 is 2.05 bits per heavy atom.